The number of benzene rings is 3. The minimum Gasteiger partial charge on any atom is -0.371 e. The second-order valence-corrected chi connectivity index (χ2v) is 12.1. The van der Waals surface area contributed by atoms with E-state index in [4.69, 9.17) is 0 Å². The molecule has 1 aliphatic heterocycles. The molecule has 0 bridgehead atoms. The molecule has 0 spiro atoms. The average molecular weight is 520 g/mol. The van der Waals surface area contributed by atoms with Crippen LogP contribution in [0.25, 0.3) is 0 Å². The van der Waals surface area contributed by atoms with Crippen molar-refractivity contribution in [3.63, 3.8) is 0 Å². The van der Waals surface area contributed by atoms with E-state index in [1.54, 1.807) is 30.3 Å². The van der Waals surface area contributed by atoms with Crippen LogP contribution in [0.2, 0.25) is 0 Å². The number of aryl methyl sites for hydroxylation is 2. The van der Waals surface area contributed by atoms with E-state index in [9.17, 15) is 13.2 Å². The number of amides is 1. The number of nitrogens with zero attached hydrogens (tertiary/aromatic N) is 2. The first-order valence-corrected chi connectivity index (χ1v) is 14.4. The summed E-state index contributed by atoms with van der Waals surface area (Å²) in [4.78, 5) is 15.8. The van der Waals surface area contributed by atoms with Crippen LogP contribution >= 0.6 is 0 Å². The van der Waals surface area contributed by atoms with Gasteiger partial charge in [-0.1, -0.05) is 49.4 Å². The van der Waals surface area contributed by atoms with E-state index in [1.807, 2.05) is 51.1 Å². The predicted octanol–water partition coefficient (Wildman–Crippen LogP) is 5.61. The van der Waals surface area contributed by atoms with Crippen LogP contribution in [0.15, 0.2) is 77.7 Å². The molecule has 6 nitrogen and oxygen atoms in total. The zero-order valence-corrected chi connectivity index (χ0v) is 23.0. The minimum atomic E-state index is -3.94. The van der Waals surface area contributed by atoms with Crippen LogP contribution in [0.3, 0.4) is 0 Å². The van der Waals surface area contributed by atoms with Crippen molar-refractivity contribution in [1.29, 1.82) is 0 Å². The lowest BCUT2D eigenvalue weighted by atomic mass is 9.99. The predicted molar refractivity (Wildman–Crippen MR) is 151 cm³/mol. The van der Waals surface area contributed by atoms with Crippen LogP contribution < -0.4 is 14.5 Å². The molecular weight excluding hydrogens is 482 g/mol. The number of rotatable bonds is 8. The molecule has 0 saturated carbocycles. The zero-order valence-electron chi connectivity index (χ0n) is 22.1. The van der Waals surface area contributed by atoms with Gasteiger partial charge in [0.2, 0.25) is 5.91 Å². The molecule has 1 heterocycles. The Labute approximate surface area is 221 Å². The third-order valence-electron chi connectivity index (χ3n) is 7.04. The first kappa shape index (κ1) is 26.7. The van der Waals surface area contributed by atoms with Crippen LogP contribution in [-0.4, -0.2) is 34.0 Å². The molecule has 196 valence electrons. The molecule has 1 fully saturated rings. The molecule has 3 aromatic carbocycles. The van der Waals surface area contributed by atoms with Crippen molar-refractivity contribution in [2.45, 2.75) is 51.5 Å². The molecule has 0 radical (unpaired) electrons. The van der Waals surface area contributed by atoms with E-state index in [0.29, 0.717) is 11.6 Å². The Kier molecular flexibility index (Phi) is 8.22. The van der Waals surface area contributed by atoms with Crippen molar-refractivity contribution >= 4 is 27.3 Å². The minimum absolute atomic E-state index is 0.152. The summed E-state index contributed by atoms with van der Waals surface area (Å²) >= 11 is 0. The molecule has 0 aromatic heterocycles. The van der Waals surface area contributed by atoms with E-state index in [-0.39, 0.29) is 23.4 Å². The number of sulfonamides is 1. The Bertz CT molecular complexity index is 1320. The van der Waals surface area contributed by atoms with Crippen LogP contribution in [0, 0.1) is 19.8 Å². The molecule has 0 aliphatic carbocycles. The van der Waals surface area contributed by atoms with Gasteiger partial charge in [0.25, 0.3) is 10.0 Å². The monoisotopic (exact) mass is 519 g/mol. The number of hydrogen-bond acceptors (Lipinski definition) is 4. The van der Waals surface area contributed by atoms with E-state index >= 15 is 0 Å². The first-order chi connectivity index (χ1) is 17.6. The molecule has 37 heavy (non-hydrogen) atoms. The van der Waals surface area contributed by atoms with Crippen molar-refractivity contribution in [2.75, 3.05) is 28.8 Å². The molecule has 1 saturated heterocycles. The number of carbonyl (C=O) groups excluding carboxylic acids is 1. The van der Waals surface area contributed by atoms with Gasteiger partial charge in [-0.05, 0) is 86.6 Å². The molecule has 3 aromatic rings. The number of anilines is 2. The molecule has 2 atom stereocenters. The van der Waals surface area contributed by atoms with Gasteiger partial charge in [-0.2, -0.15) is 0 Å². The number of nitrogens with one attached hydrogen (secondary N) is 1. The molecule has 1 amide bonds. The SMILES string of the molecule is Cc1ccc(C)c(N(CC(=O)NC(C)c2ccc(N3CCCC(C)C3)cc2)S(=O)(=O)c2ccccc2)c1. The first-order valence-electron chi connectivity index (χ1n) is 12.9. The van der Waals surface area contributed by atoms with Crippen molar-refractivity contribution < 1.29 is 13.2 Å². The Morgan fingerprint density at radius 3 is 2.43 bits per heavy atom. The highest BCUT2D eigenvalue weighted by Gasteiger charge is 2.29. The van der Waals surface area contributed by atoms with Gasteiger partial charge in [-0.15, -0.1) is 0 Å². The van der Waals surface area contributed by atoms with Crippen molar-refractivity contribution in [3.05, 3.63) is 89.5 Å². The molecule has 2 unspecified atom stereocenters. The summed E-state index contributed by atoms with van der Waals surface area (Å²) < 4.78 is 28.5. The normalized spacial score (nSPS) is 16.8. The van der Waals surface area contributed by atoms with Crippen molar-refractivity contribution in [1.82, 2.24) is 5.32 Å². The largest absolute Gasteiger partial charge is 0.371 e. The Hall–Kier alpha value is -3.32. The van der Waals surface area contributed by atoms with Crippen LogP contribution in [0.4, 0.5) is 11.4 Å². The fraction of sp³-hybridized carbons (Fsp3) is 0.367. The van der Waals surface area contributed by atoms with Gasteiger partial charge >= 0.3 is 0 Å². The van der Waals surface area contributed by atoms with Gasteiger partial charge < -0.3 is 10.2 Å². The van der Waals surface area contributed by atoms with Crippen LogP contribution in [0.1, 0.15) is 49.4 Å². The van der Waals surface area contributed by atoms with Crippen molar-refractivity contribution in [2.24, 2.45) is 5.92 Å². The summed E-state index contributed by atoms with van der Waals surface area (Å²) in [6.45, 7) is 9.80. The van der Waals surface area contributed by atoms with Gasteiger partial charge in [-0.3, -0.25) is 9.10 Å². The molecule has 1 N–H and O–H groups in total. The quantitative estimate of drug-likeness (QED) is 0.420. The Morgan fingerprint density at radius 1 is 1.05 bits per heavy atom. The van der Waals surface area contributed by atoms with E-state index in [0.717, 1.165) is 29.8 Å². The lowest BCUT2D eigenvalue weighted by molar-refractivity contribution is -0.120. The van der Waals surface area contributed by atoms with E-state index in [2.05, 4.69) is 29.3 Å². The second-order valence-electron chi connectivity index (χ2n) is 10.2. The van der Waals surface area contributed by atoms with Gasteiger partial charge in [0, 0.05) is 18.8 Å². The number of piperidine rings is 1. The highest BCUT2D eigenvalue weighted by molar-refractivity contribution is 7.92. The topological polar surface area (TPSA) is 69.7 Å². The fourth-order valence-electron chi connectivity index (χ4n) is 4.91. The number of hydrogen-bond donors (Lipinski definition) is 1. The van der Waals surface area contributed by atoms with Crippen molar-refractivity contribution in [3.8, 4) is 0 Å². The molecular formula is C30H37N3O3S. The second kappa shape index (κ2) is 11.4. The summed E-state index contributed by atoms with van der Waals surface area (Å²) in [5.41, 5.74) is 4.39. The fourth-order valence-corrected chi connectivity index (χ4v) is 6.40. The summed E-state index contributed by atoms with van der Waals surface area (Å²) in [7, 11) is -3.94. The molecule has 1 aliphatic rings. The molecule has 7 heteroatoms. The Morgan fingerprint density at radius 2 is 1.76 bits per heavy atom. The van der Waals surface area contributed by atoms with Crippen LogP contribution in [0.5, 0.6) is 0 Å². The third-order valence-corrected chi connectivity index (χ3v) is 8.82. The van der Waals surface area contributed by atoms with Gasteiger partial charge in [0.1, 0.15) is 6.54 Å². The summed E-state index contributed by atoms with van der Waals surface area (Å²) in [6, 6.07) is 21.9. The van der Waals surface area contributed by atoms with Gasteiger partial charge in [0.15, 0.2) is 0 Å². The highest BCUT2D eigenvalue weighted by atomic mass is 32.2. The van der Waals surface area contributed by atoms with Gasteiger partial charge in [-0.25, -0.2) is 8.42 Å². The lowest BCUT2D eigenvalue weighted by Gasteiger charge is -2.33. The van der Waals surface area contributed by atoms with Gasteiger partial charge in [0.05, 0.1) is 16.6 Å². The van der Waals surface area contributed by atoms with E-state index < -0.39 is 10.0 Å². The Balaban J connectivity index is 1.52. The molecule has 4 rings (SSSR count). The highest BCUT2D eigenvalue weighted by Crippen LogP contribution is 2.28. The maximum atomic E-state index is 13.6. The maximum absolute atomic E-state index is 13.6. The summed E-state index contributed by atoms with van der Waals surface area (Å²) in [6.07, 6.45) is 2.48. The average Bonchev–Trinajstić information content (AvgIpc) is 2.89. The smallest absolute Gasteiger partial charge is 0.264 e. The van der Waals surface area contributed by atoms with Crippen LogP contribution in [-0.2, 0) is 14.8 Å². The standard InChI is InChI=1S/C30H37N3O3S/c1-22-12-13-24(3)29(19-22)33(37(35,36)28-10-6-5-7-11-28)21-30(34)31-25(4)26-14-16-27(17-15-26)32-18-8-9-23(2)20-32/h5-7,10-17,19,23,25H,8-9,18,20-21H2,1-4H3,(H,31,34). The third kappa shape index (κ3) is 6.34. The lowest BCUT2D eigenvalue weighted by Crippen LogP contribution is -2.42. The zero-order chi connectivity index (χ0) is 26.6. The summed E-state index contributed by atoms with van der Waals surface area (Å²) in [5.74, 6) is 0.334. The van der Waals surface area contributed by atoms with E-state index in [1.165, 1.54) is 22.8 Å². The number of carbonyl (C=O) groups is 1. The maximum Gasteiger partial charge on any atom is 0.264 e. The summed E-state index contributed by atoms with van der Waals surface area (Å²) in [5, 5.41) is 3.00.